The molecule has 1 atom stereocenters. The Morgan fingerprint density at radius 2 is 2.00 bits per heavy atom. The maximum atomic E-state index is 11.3. The maximum absolute atomic E-state index is 11.3. The highest BCUT2D eigenvalue weighted by Gasteiger charge is 2.11. The van der Waals surface area contributed by atoms with Gasteiger partial charge in [0.1, 0.15) is 9.84 Å². The van der Waals surface area contributed by atoms with Gasteiger partial charge in [-0.15, -0.1) is 0 Å². The molecule has 1 N–H and O–H groups in total. The molecule has 0 bridgehead atoms. The molecular formula is C13H19Cl2NO2S. The molecule has 0 radical (unpaired) electrons. The molecule has 3 nitrogen and oxygen atoms in total. The summed E-state index contributed by atoms with van der Waals surface area (Å²) >= 11 is 12.0. The third-order valence-electron chi connectivity index (χ3n) is 2.95. The van der Waals surface area contributed by atoms with E-state index in [9.17, 15) is 8.42 Å². The SMILES string of the molecule is CCS(=O)(=O)CCCNC(C)c1ccc(Cl)cc1Cl. The molecule has 0 spiro atoms. The standard InChI is InChI=1S/C13H19Cl2NO2S/c1-3-19(17,18)8-4-7-16-10(2)12-6-5-11(14)9-13(12)15/h5-6,9-10,16H,3-4,7-8H2,1-2H3. The largest absolute Gasteiger partial charge is 0.310 e. The van der Waals surface area contributed by atoms with Gasteiger partial charge in [-0.25, -0.2) is 8.42 Å². The van der Waals surface area contributed by atoms with Crippen molar-refractivity contribution in [2.45, 2.75) is 26.3 Å². The van der Waals surface area contributed by atoms with Gasteiger partial charge in [-0.1, -0.05) is 36.2 Å². The van der Waals surface area contributed by atoms with Gasteiger partial charge in [0.2, 0.25) is 0 Å². The molecule has 0 aliphatic carbocycles. The van der Waals surface area contributed by atoms with Crippen molar-refractivity contribution in [1.82, 2.24) is 5.32 Å². The Morgan fingerprint density at radius 1 is 1.32 bits per heavy atom. The van der Waals surface area contributed by atoms with Gasteiger partial charge in [0.05, 0.1) is 5.75 Å². The number of rotatable bonds is 7. The van der Waals surface area contributed by atoms with Crippen LogP contribution in [0.15, 0.2) is 18.2 Å². The van der Waals surface area contributed by atoms with E-state index in [1.165, 1.54) is 0 Å². The Morgan fingerprint density at radius 3 is 2.58 bits per heavy atom. The molecule has 6 heteroatoms. The zero-order valence-corrected chi connectivity index (χ0v) is 13.4. The molecule has 19 heavy (non-hydrogen) atoms. The molecule has 0 saturated carbocycles. The fourth-order valence-electron chi connectivity index (χ4n) is 1.72. The summed E-state index contributed by atoms with van der Waals surface area (Å²) in [5, 5.41) is 4.49. The molecule has 0 heterocycles. The summed E-state index contributed by atoms with van der Waals surface area (Å²) in [5.41, 5.74) is 0.962. The van der Waals surface area contributed by atoms with E-state index in [1.807, 2.05) is 13.0 Å². The van der Waals surface area contributed by atoms with Crippen LogP contribution in [0.5, 0.6) is 0 Å². The zero-order valence-electron chi connectivity index (χ0n) is 11.1. The number of sulfone groups is 1. The van der Waals surface area contributed by atoms with Gasteiger partial charge >= 0.3 is 0 Å². The van der Waals surface area contributed by atoms with E-state index < -0.39 is 9.84 Å². The van der Waals surface area contributed by atoms with Crippen LogP contribution in [-0.2, 0) is 9.84 Å². The van der Waals surface area contributed by atoms with Gasteiger partial charge in [0.25, 0.3) is 0 Å². The minimum atomic E-state index is -2.88. The minimum absolute atomic E-state index is 0.0640. The van der Waals surface area contributed by atoms with Crippen LogP contribution in [0, 0.1) is 0 Å². The van der Waals surface area contributed by atoms with Gasteiger partial charge in [-0.05, 0) is 37.6 Å². The van der Waals surface area contributed by atoms with Gasteiger partial charge in [0.15, 0.2) is 0 Å². The van der Waals surface area contributed by atoms with Crippen molar-refractivity contribution < 1.29 is 8.42 Å². The fourth-order valence-corrected chi connectivity index (χ4v) is 3.16. The molecule has 1 unspecified atom stereocenters. The van der Waals surface area contributed by atoms with Crippen molar-refractivity contribution in [3.05, 3.63) is 33.8 Å². The number of hydrogen-bond acceptors (Lipinski definition) is 3. The molecule has 1 aromatic carbocycles. The molecule has 0 saturated heterocycles. The molecule has 1 rings (SSSR count). The summed E-state index contributed by atoms with van der Waals surface area (Å²) in [6, 6.07) is 5.44. The first kappa shape index (κ1) is 16.8. The van der Waals surface area contributed by atoms with Crippen molar-refractivity contribution >= 4 is 33.0 Å². The molecule has 0 aromatic heterocycles. The molecule has 0 amide bonds. The summed E-state index contributed by atoms with van der Waals surface area (Å²) in [6.45, 7) is 4.29. The number of halogens is 2. The molecule has 0 aliphatic heterocycles. The van der Waals surface area contributed by atoms with Crippen LogP contribution < -0.4 is 5.32 Å². The average molecular weight is 324 g/mol. The molecule has 108 valence electrons. The van der Waals surface area contributed by atoms with E-state index in [-0.39, 0.29) is 17.5 Å². The Kier molecular flexibility index (Phi) is 6.60. The molecular weight excluding hydrogens is 305 g/mol. The predicted molar refractivity (Wildman–Crippen MR) is 81.8 cm³/mol. The lowest BCUT2D eigenvalue weighted by Gasteiger charge is -2.15. The summed E-state index contributed by atoms with van der Waals surface area (Å²) in [6.07, 6.45) is 0.603. The van der Waals surface area contributed by atoms with Gasteiger partial charge in [-0.2, -0.15) is 0 Å². The van der Waals surface area contributed by atoms with Crippen molar-refractivity contribution in [3.8, 4) is 0 Å². The van der Waals surface area contributed by atoms with Crippen molar-refractivity contribution in [2.75, 3.05) is 18.1 Å². The van der Waals surface area contributed by atoms with Crippen LogP contribution in [0.2, 0.25) is 10.0 Å². The average Bonchev–Trinajstić information content (AvgIpc) is 2.34. The summed E-state index contributed by atoms with van der Waals surface area (Å²) < 4.78 is 22.7. The fraction of sp³-hybridized carbons (Fsp3) is 0.538. The van der Waals surface area contributed by atoms with Crippen LogP contribution >= 0.6 is 23.2 Å². The second-order valence-corrected chi connectivity index (χ2v) is 7.75. The third-order valence-corrected chi connectivity index (χ3v) is 5.30. The van der Waals surface area contributed by atoms with E-state index in [2.05, 4.69) is 5.32 Å². The topological polar surface area (TPSA) is 46.2 Å². The molecule has 0 fully saturated rings. The Balaban J connectivity index is 2.45. The highest BCUT2D eigenvalue weighted by Crippen LogP contribution is 2.25. The first-order chi connectivity index (χ1) is 8.85. The summed E-state index contributed by atoms with van der Waals surface area (Å²) in [4.78, 5) is 0. The Hall–Kier alpha value is -0.290. The Labute approximate surface area is 125 Å². The third kappa shape index (κ3) is 5.69. The lowest BCUT2D eigenvalue weighted by atomic mass is 10.1. The van der Waals surface area contributed by atoms with Crippen LogP contribution in [0.3, 0.4) is 0 Å². The van der Waals surface area contributed by atoms with Crippen molar-refractivity contribution in [2.24, 2.45) is 0 Å². The quantitative estimate of drug-likeness (QED) is 0.781. The summed E-state index contributed by atoms with van der Waals surface area (Å²) in [5.74, 6) is 0.420. The normalized spacial score (nSPS) is 13.5. The zero-order chi connectivity index (χ0) is 14.5. The van der Waals surface area contributed by atoms with Gasteiger partial charge < -0.3 is 5.32 Å². The van der Waals surface area contributed by atoms with Crippen LogP contribution in [0.25, 0.3) is 0 Å². The highest BCUT2D eigenvalue weighted by molar-refractivity contribution is 7.91. The molecule has 0 aliphatic rings. The minimum Gasteiger partial charge on any atom is -0.310 e. The second kappa shape index (κ2) is 7.48. The highest BCUT2D eigenvalue weighted by atomic mass is 35.5. The van der Waals surface area contributed by atoms with Crippen LogP contribution in [0.1, 0.15) is 31.9 Å². The molecule has 1 aromatic rings. The van der Waals surface area contributed by atoms with E-state index in [4.69, 9.17) is 23.2 Å². The van der Waals surface area contributed by atoms with E-state index >= 15 is 0 Å². The number of benzene rings is 1. The van der Waals surface area contributed by atoms with Gasteiger partial charge in [-0.3, -0.25) is 0 Å². The van der Waals surface area contributed by atoms with E-state index in [1.54, 1.807) is 19.1 Å². The number of nitrogens with one attached hydrogen (secondary N) is 1. The van der Waals surface area contributed by atoms with Crippen molar-refractivity contribution in [3.63, 3.8) is 0 Å². The van der Waals surface area contributed by atoms with Crippen molar-refractivity contribution in [1.29, 1.82) is 0 Å². The monoisotopic (exact) mass is 323 g/mol. The van der Waals surface area contributed by atoms with E-state index in [0.29, 0.717) is 23.0 Å². The van der Waals surface area contributed by atoms with E-state index in [0.717, 1.165) is 5.56 Å². The lowest BCUT2D eigenvalue weighted by molar-refractivity contribution is 0.561. The second-order valence-electron chi connectivity index (χ2n) is 4.43. The predicted octanol–water partition coefficient (Wildman–Crippen LogP) is 3.47. The summed E-state index contributed by atoms with van der Waals surface area (Å²) in [7, 11) is -2.88. The Bertz CT molecular complexity index is 517. The smallest absolute Gasteiger partial charge is 0.150 e. The van der Waals surface area contributed by atoms with Crippen LogP contribution in [0.4, 0.5) is 0 Å². The first-order valence-electron chi connectivity index (χ1n) is 6.24. The van der Waals surface area contributed by atoms with Gasteiger partial charge in [0, 0.05) is 21.8 Å². The van der Waals surface area contributed by atoms with Crippen LogP contribution in [-0.4, -0.2) is 26.5 Å². The lowest BCUT2D eigenvalue weighted by Crippen LogP contribution is -2.22. The first-order valence-corrected chi connectivity index (χ1v) is 8.82. The number of hydrogen-bond donors (Lipinski definition) is 1. The maximum Gasteiger partial charge on any atom is 0.150 e.